The number of aliphatic carboxylic acids is 4. The van der Waals surface area contributed by atoms with E-state index < -0.39 is 42.0 Å². The van der Waals surface area contributed by atoms with E-state index in [0.717, 1.165) is 0 Å². The number of rotatable bonds is 0. The molecule has 0 aliphatic heterocycles. The van der Waals surface area contributed by atoms with Crippen LogP contribution in [0.5, 0.6) is 0 Å². The maximum atomic E-state index is 10.3. The van der Waals surface area contributed by atoms with Crippen molar-refractivity contribution in [2.24, 2.45) is 0 Å². The third-order valence-corrected chi connectivity index (χ3v) is 0.876. The van der Waals surface area contributed by atoms with Gasteiger partial charge >= 0.3 is 87.4 Å². The molecule has 21 heavy (non-hydrogen) atoms. The Hall–Kier alpha value is -1.87. The van der Waals surface area contributed by atoms with Crippen LogP contribution in [0.25, 0.3) is 0 Å². The van der Waals surface area contributed by atoms with Crippen molar-refractivity contribution in [1.29, 1.82) is 0 Å². The van der Waals surface area contributed by atoms with Crippen molar-refractivity contribution < 1.29 is 115 Å². The largest absolute Gasteiger partial charge is 1.00 e. The Labute approximate surface area is 155 Å². The maximum Gasteiger partial charge on any atom is 1.00 e. The van der Waals surface area contributed by atoms with Crippen molar-refractivity contribution in [3.05, 3.63) is 0 Å². The first kappa shape index (κ1) is 24.2. The molecule has 0 unspecified atom stereocenters. The van der Waals surface area contributed by atoms with E-state index in [4.69, 9.17) is 30.0 Å². The van der Waals surface area contributed by atoms with Gasteiger partial charge in [-0.25, -0.2) is 28.8 Å². The van der Waals surface area contributed by atoms with Crippen molar-refractivity contribution in [3.63, 3.8) is 0 Å². The summed E-state index contributed by atoms with van der Waals surface area (Å²) in [5.41, 5.74) is 0. The summed E-state index contributed by atoms with van der Waals surface area (Å²) in [6, 6.07) is 0. The molecule has 0 rings (SSSR count). The average Bonchev–Trinajstić information content (AvgIpc) is 2.28. The first-order valence-electron chi connectivity index (χ1n) is 3.87. The normalized spacial score (nSPS) is 7.81. The van der Waals surface area contributed by atoms with Gasteiger partial charge in [0.2, 0.25) is 0 Å². The number of hydrogen-bond acceptors (Lipinski definition) is 10. The fourth-order valence-electron chi connectivity index (χ4n) is 0.260. The molecule has 3 N–H and O–H groups in total. The molecule has 110 valence electrons. The third kappa shape index (κ3) is 14.3. The van der Waals surface area contributed by atoms with Gasteiger partial charge in [-0.3, -0.25) is 0 Å². The van der Waals surface area contributed by atoms with E-state index in [1.165, 1.54) is 0 Å². The molecule has 0 heterocycles. The molecule has 0 bridgehead atoms. The minimum Gasteiger partial charge on any atom is -0.539 e. The molecular formula is C7H3KO13. The zero-order valence-corrected chi connectivity index (χ0v) is 13.0. The van der Waals surface area contributed by atoms with Gasteiger partial charge in [0.1, 0.15) is 0 Å². The van der Waals surface area contributed by atoms with E-state index in [0.29, 0.717) is 0 Å². The van der Waals surface area contributed by atoms with E-state index in [1.54, 1.807) is 0 Å². The van der Waals surface area contributed by atoms with E-state index >= 15 is 0 Å². The smallest absolute Gasteiger partial charge is 0.539 e. The van der Waals surface area contributed by atoms with Gasteiger partial charge in [0.25, 0.3) is 0 Å². The van der Waals surface area contributed by atoms with Gasteiger partial charge in [-0.2, -0.15) is 0 Å². The van der Waals surface area contributed by atoms with Crippen molar-refractivity contribution in [1.82, 2.24) is 0 Å². The van der Waals surface area contributed by atoms with Crippen molar-refractivity contribution >= 4 is 42.0 Å². The second-order valence-corrected chi connectivity index (χ2v) is 2.23. The number of hydrogen-bond donors (Lipinski definition) is 3. The fourth-order valence-corrected chi connectivity index (χ4v) is 0.260. The van der Waals surface area contributed by atoms with Crippen LogP contribution in [0.4, 0.5) is 4.79 Å². The van der Waals surface area contributed by atoms with Crippen LogP contribution >= 0.6 is 0 Å². The second-order valence-electron chi connectivity index (χ2n) is 2.23. The zero-order chi connectivity index (χ0) is 16.5. The van der Waals surface area contributed by atoms with Gasteiger partial charge in [-0.05, 0) is 0 Å². The van der Waals surface area contributed by atoms with Crippen LogP contribution in [0.2, 0.25) is 0 Å². The zero-order valence-electron chi connectivity index (χ0n) is 9.92. The summed E-state index contributed by atoms with van der Waals surface area (Å²) >= 11 is 0. The van der Waals surface area contributed by atoms with Gasteiger partial charge in [-0.15, -0.1) is 0 Å². The molecule has 0 aliphatic carbocycles. The summed E-state index contributed by atoms with van der Waals surface area (Å²) < 4.78 is 6.70. The standard InChI is InChI=1S/C5H2O9.C2H2O4.K/c6-1(7)3(10)13-5(12)14-4(11)2(8)9;3-1(4)2(5)6;/h(H,6,7)(H,8,9);(H,3,4)(H,5,6);/q;;+1/p-1. The summed E-state index contributed by atoms with van der Waals surface area (Å²) in [5.74, 6) is -12.2. The van der Waals surface area contributed by atoms with Crippen LogP contribution < -0.4 is 56.5 Å². The Bertz CT molecular complexity index is 435. The topological polar surface area (TPSA) is 222 Å². The van der Waals surface area contributed by atoms with Gasteiger partial charge in [0, 0.05) is 0 Å². The third-order valence-electron chi connectivity index (χ3n) is 0.876. The van der Waals surface area contributed by atoms with E-state index in [9.17, 15) is 24.0 Å². The van der Waals surface area contributed by atoms with E-state index in [1.807, 2.05) is 0 Å². The van der Waals surface area contributed by atoms with Crippen molar-refractivity contribution in [2.45, 2.75) is 0 Å². The molecule has 14 heteroatoms. The first-order valence-corrected chi connectivity index (χ1v) is 3.87. The van der Waals surface area contributed by atoms with E-state index in [-0.39, 0.29) is 51.4 Å². The Balaban J connectivity index is -0.000000394. The van der Waals surface area contributed by atoms with Crippen molar-refractivity contribution in [3.8, 4) is 0 Å². The molecule has 0 atom stereocenters. The molecule has 0 amide bonds. The SMILES string of the molecule is O=C(OC(=O)C(=O)O)OC(=O)C(=O)O.O=C([O-])C(=O)O.[K+]. The van der Waals surface area contributed by atoms with E-state index in [2.05, 4.69) is 9.47 Å². The maximum absolute atomic E-state index is 10.3. The molecule has 0 aromatic heterocycles. The fraction of sp³-hybridized carbons (Fsp3) is 0. The van der Waals surface area contributed by atoms with Crippen molar-refractivity contribution in [2.75, 3.05) is 0 Å². The van der Waals surface area contributed by atoms with Crippen LogP contribution in [0, 0.1) is 0 Å². The van der Waals surface area contributed by atoms with Crippen LogP contribution in [0.1, 0.15) is 0 Å². The minimum absolute atomic E-state index is 0. The number of carboxylic acids is 4. The van der Waals surface area contributed by atoms with Crippen LogP contribution in [0.3, 0.4) is 0 Å². The molecule has 13 nitrogen and oxygen atoms in total. The minimum atomic E-state index is -2.09. The van der Waals surface area contributed by atoms with Crippen LogP contribution in [-0.4, -0.2) is 57.3 Å². The van der Waals surface area contributed by atoms with Gasteiger partial charge in [0.15, 0.2) is 5.97 Å². The summed E-state index contributed by atoms with van der Waals surface area (Å²) in [5, 5.41) is 32.1. The molecule has 0 radical (unpaired) electrons. The molecule has 0 fully saturated rings. The number of carbonyl (C=O) groups excluding carboxylic acids is 4. The predicted molar refractivity (Wildman–Crippen MR) is 45.5 cm³/mol. The monoisotopic (exact) mass is 334 g/mol. The van der Waals surface area contributed by atoms with Gasteiger partial charge in [-0.1, -0.05) is 0 Å². The Kier molecular flexibility index (Phi) is 13.7. The number of carboxylic acid groups (broad SMARTS) is 4. The molecule has 0 aliphatic rings. The van der Waals surface area contributed by atoms with Crippen LogP contribution in [0.15, 0.2) is 0 Å². The van der Waals surface area contributed by atoms with Gasteiger partial charge in [0.05, 0.1) is 0 Å². The molecule has 0 aromatic rings. The summed E-state index contributed by atoms with van der Waals surface area (Å²) in [6.07, 6.45) is -2.02. The second kappa shape index (κ2) is 11.9. The first-order chi connectivity index (χ1) is 8.98. The van der Waals surface area contributed by atoms with Gasteiger partial charge < -0.3 is 34.7 Å². The molecule has 0 aromatic carbocycles. The Morgan fingerprint density at radius 2 is 0.905 bits per heavy atom. The molecular weight excluding hydrogens is 331 g/mol. The number of carbonyl (C=O) groups is 7. The summed E-state index contributed by atoms with van der Waals surface area (Å²) in [7, 11) is 0. The quantitative estimate of drug-likeness (QED) is 0.162. The Morgan fingerprint density at radius 3 is 1.05 bits per heavy atom. The predicted octanol–water partition coefficient (Wildman–Crippen LogP) is -6.81. The number of esters is 2. The Morgan fingerprint density at radius 1 is 0.667 bits per heavy atom. The average molecular weight is 334 g/mol. The molecule has 0 saturated heterocycles. The van der Waals surface area contributed by atoms with Crippen LogP contribution in [-0.2, 0) is 38.2 Å². The molecule has 0 spiro atoms. The molecule has 0 saturated carbocycles. The number of ether oxygens (including phenoxy) is 2. The summed E-state index contributed by atoms with van der Waals surface area (Å²) in [6.45, 7) is 0. The summed E-state index contributed by atoms with van der Waals surface area (Å²) in [4.78, 5) is 68.1.